The van der Waals surface area contributed by atoms with Crippen molar-refractivity contribution < 1.29 is 19.1 Å². The molecule has 2 aromatic carbocycles. The standard InChI is InChI=1S/C23H20N2O4/c1-16(26)25-20-8-5-6-18(15-20)23(27)29-21-12-10-17(14-22(21)28-2)9-11-19-7-3-4-13-24-19/h3-15H,1-2H3,(H,25,26)/b11-9+. The van der Waals surface area contributed by atoms with Gasteiger partial charge in [-0.15, -0.1) is 0 Å². The van der Waals surface area contributed by atoms with Gasteiger partial charge in [-0.2, -0.15) is 0 Å². The molecule has 1 aromatic heterocycles. The number of ether oxygens (including phenoxy) is 2. The summed E-state index contributed by atoms with van der Waals surface area (Å²) in [5.74, 6) is -0.0317. The molecule has 1 heterocycles. The molecule has 1 N–H and O–H groups in total. The van der Waals surface area contributed by atoms with Crippen LogP contribution in [0.2, 0.25) is 0 Å². The SMILES string of the molecule is COc1cc(/C=C/c2ccccn2)ccc1OC(=O)c1cccc(NC(C)=O)c1. The molecule has 29 heavy (non-hydrogen) atoms. The van der Waals surface area contributed by atoms with Crippen LogP contribution in [-0.2, 0) is 4.79 Å². The fraction of sp³-hybridized carbons (Fsp3) is 0.0870. The van der Waals surface area contributed by atoms with Crippen molar-refractivity contribution in [1.82, 2.24) is 4.98 Å². The minimum absolute atomic E-state index is 0.216. The Balaban J connectivity index is 1.76. The molecule has 3 rings (SSSR count). The maximum absolute atomic E-state index is 12.5. The predicted octanol–water partition coefficient (Wildman–Crippen LogP) is 4.44. The van der Waals surface area contributed by atoms with E-state index in [1.807, 2.05) is 36.4 Å². The molecule has 146 valence electrons. The molecular formula is C23H20N2O4. The van der Waals surface area contributed by atoms with Gasteiger partial charge in [0.1, 0.15) is 0 Å². The van der Waals surface area contributed by atoms with Crippen molar-refractivity contribution in [2.24, 2.45) is 0 Å². The van der Waals surface area contributed by atoms with E-state index in [2.05, 4.69) is 10.3 Å². The van der Waals surface area contributed by atoms with E-state index in [4.69, 9.17) is 9.47 Å². The Morgan fingerprint density at radius 3 is 2.55 bits per heavy atom. The van der Waals surface area contributed by atoms with Gasteiger partial charge >= 0.3 is 5.97 Å². The van der Waals surface area contributed by atoms with E-state index in [0.29, 0.717) is 22.7 Å². The van der Waals surface area contributed by atoms with Crippen molar-refractivity contribution in [2.75, 3.05) is 12.4 Å². The van der Waals surface area contributed by atoms with E-state index in [1.54, 1.807) is 42.6 Å². The van der Waals surface area contributed by atoms with Crippen LogP contribution in [0, 0.1) is 0 Å². The van der Waals surface area contributed by atoms with Gasteiger partial charge in [-0.05, 0) is 54.1 Å². The molecule has 0 saturated heterocycles. The van der Waals surface area contributed by atoms with Crippen molar-refractivity contribution >= 4 is 29.7 Å². The number of anilines is 1. The molecular weight excluding hydrogens is 368 g/mol. The van der Waals surface area contributed by atoms with Crippen molar-refractivity contribution in [3.63, 3.8) is 0 Å². The van der Waals surface area contributed by atoms with Gasteiger partial charge in [0.05, 0.1) is 18.4 Å². The zero-order valence-electron chi connectivity index (χ0n) is 16.1. The predicted molar refractivity (Wildman–Crippen MR) is 112 cm³/mol. The lowest BCUT2D eigenvalue weighted by Gasteiger charge is -2.11. The van der Waals surface area contributed by atoms with Crippen LogP contribution in [0.5, 0.6) is 11.5 Å². The molecule has 6 nitrogen and oxygen atoms in total. The minimum atomic E-state index is -0.549. The minimum Gasteiger partial charge on any atom is -0.493 e. The van der Waals surface area contributed by atoms with E-state index in [1.165, 1.54) is 14.0 Å². The van der Waals surface area contributed by atoms with Gasteiger partial charge in [0.25, 0.3) is 0 Å². The summed E-state index contributed by atoms with van der Waals surface area (Å²) in [6.45, 7) is 1.40. The first-order valence-corrected chi connectivity index (χ1v) is 8.92. The fourth-order valence-corrected chi connectivity index (χ4v) is 2.61. The van der Waals surface area contributed by atoms with Gasteiger partial charge in [-0.3, -0.25) is 9.78 Å². The Morgan fingerprint density at radius 1 is 0.966 bits per heavy atom. The molecule has 0 aliphatic carbocycles. The first-order valence-electron chi connectivity index (χ1n) is 8.92. The first-order chi connectivity index (χ1) is 14.0. The van der Waals surface area contributed by atoms with Crippen LogP contribution in [-0.4, -0.2) is 24.0 Å². The van der Waals surface area contributed by atoms with Gasteiger partial charge in [0.2, 0.25) is 5.91 Å². The fourth-order valence-electron chi connectivity index (χ4n) is 2.61. The third-order valence-electron chi connectivity index (χ3n) is 3.94. The Bertz CT molecular complexity index is 1050. The quantitative estimate of drug-likeness (QED) is 0.499. The number of carbonyl (C=O) groups excluding carboxylic acids is 2. The lowest BCUT2D eigenvalue weighted by Crippen LogP contribution is -2.11. The van der Waals surface area contributed by atoms with Gasteiger partial charge in [0, 0.05) is 18.8 Å². The van der Waals surface area contributed by atoms with Crippen molar-refractivity contribution in [3.05, 3.63) is 83.7 Å². The highest BCUT2D eigenvalue weighted by Gasteiger charge is 2.13. The van der Waals surface area contributed by atoms with Gasteiger partial charge in [0.15, 0.2) is 11.5 Å². The van der Waals surface area contributed by atoms with Crippen molar-refractivity contribution in [1.29, 1.82) is 0 Å². The lowest BCUT2D eigenvalue weighted by atomic mass is 10.1. The molecule has 0 atom stereocenters. The van der Waals surface area contributed by atoms with Crippen molar-refractivity contribution in [2.45, 2.75) is 6.92 Å². The number of hydrogen-bond donors (Lipinski definition) is 1. The average Bonchev–Trinajstić information content (AvgIpc) is 2.73. The molecule has 0 aliphatic heterocycles. The lowest BCUT2D eigenvalue weighted by molar-refractivity contribution is -0.114. The van der Waals surface area contributed by atoms with Crippen LogP contribution < -0.4 is 14.8 Å². The van der Waals surface area contributed by atoms with E-state index >= 15 is 0 Å². The summed E-state index contributed by atoms with van der Waals surface area (Å²) in [5.41, 5.74) is 2.55. The third-order valence-corrected chi connectivity index (χ3v) is 3.94. The van der Waals surface area contributed by atoms with Gasteiger partial charge < -0.3 is 14.8 Å². The van der Waals surface area contributed by atoms with Gasteiger partial charge in [-0.25, -0.2) is 4.79 Å². The number of hydrogen-bond acceptors (Lipinski definition) is 5. The number of aromatic nitrogens is 1. The van der Waals surface area contributed by atoms with E-state index in [9.17, 15) is 9.59 Å². The van der Waals surface area contributed by atoms with Crippen molar-refractivity contribution in [3.8, 4) is 11.5 Å². The average molecular weight is 388 g/mol. The molecule has 6 heteroatoms. The van der Waals surface area contributed by atoms with Crippen LogP contribution in [0.3, 0.4) is 0 Å². The Hall–Kier alpha value is -3.93. The molecule has 1 amide bonds. The summed E-state index contributed by atoms with van der Waals surface area (Å²) in [6, 6.07) is 17.5. The summed E-state index contributed by atoms with van der Waals surface area (Å²) >= 11 is 0. The smallest absolute Gasteiger partial charge is 0.343 e. The molecule has 0 fully saturated rings. The summed E-state index contributed by atoms with van der Waals surface area (Å²) < 4.78 is 10.9. The molecule has 0 unspecified atom stereocenters. The van der Waals surface area contributed by atoms with Crippen LogP contribution in [0.1, 0.15) is 28.5 Å². The summed E-state index contributed by atoms with van der Waals surface area (Å²) in [4.78, 5) is 27.9. The number of benzene rings is 2. The zero-order valence-corrected chi connectivity index (χ0v) is 16.1. The van der Waals surface area contributed by atoms with E-state index in [0.717, 1.165) is 11.3 Å². The highest BCUT2D eigenvalue weighted by atomic mass is 16.6. The maximum Gasteiger partial charge on any atom is 0.343 e. The highest BCUT2D eigenvalue weighted by molar-refractivity contribution is 5.94. The number of amides is 1. The number of esters is 1. The van der Waals surface area contributed by atoms with E-state index in [-0.39, 0.29) is 5.91 Å². The first kappa shape index (κ1) is 19.8. The Kier molecular flexibility index (Phi) is 6.37. The molecule has 0 radical (unpaired) electrons. The molecule has 3 aromatic rings. The van der Waals surface area contributed by atoms with Crippen LogP contribution in [0.25, 0.3) is 12.2 Å². The Morgan fingerprint density at radius 2 is 1.83 bits per heavy atom. The largest absolute Gasteiger partial charge is 0.493 e. The summed E-state index contributed by atoms with van der Waals surface area (Å²) in [7, 11) is 1.51. The second-order valence-electron chi connectivity index (χ2n) is 6.15. The van der Waals surface area contributed by atoms with Gasteiger partial charge in [-0.1, -0.05) is 24.3 Å². The van der Waals surface area contributed by atoms with Crippen LogP contribution in [0.4, 0.5) is 5.69 Å². The second kappa shape index (κ2) is 9.32. The topological polar surface area (TPSA) is 77.5 Å². The number of nitrogens with one attached hydrogen (secondary N) is 1. The van der Waals surface area contributed by atoms with Crippen LogP contribution >= 0.6 is 0 Å². The summed E-state index contributed by atoms with van der Waals surface area (Å²) in [5, 5.41) is 2.64. The Labute approximate surface area is 168 Å². The number of rotatable bonds is 6. The highest BCUT2D eigenvalue weighted by Crippen LogP contribution is 2.29. The van der Waals surface area contributed by atoms with Crippen LogP contribution in [0.15, 0.2) is 66.9 Å². The molecule has 0 spiro atoms. The molecule has 0 aliphatic rings. The molecule has 0 saturated carbocycles. The maximum atomic E-state index is 12.5. The van der Waals surface area contributed by atoms with E-state index < -0.39 is 5.97 Å². The number of carbonyl (C=O) groups is 2. The summed E-state index contributed by atoms with van der Waals surface area (Å²) in [6.07, 6.45) is 5.51. The third kappa shape index (κ3) is 5.52. The number of pyridine rings is 1. The number of nitrogens with zero attached hydrogens (tertiary/aromatic N) is 1. The number of methoxy groups -OCH3 is 1. The normalized spacial score (nSPS) is 10.6. The molecule has 0 bridgehead atoms. The second-order valence-corrected chi connectivity index (χ2v) is 6.15. The zero-order chi connectivity index (χ0) is 20.6. The monoisotopic (exact) mass is 388 g/mol.